The summed E-state index contributed by atoms with van der Waals surface area (Å²) in [6, 6.07) is 0. The molecule has 0 amide bonds. The second-order valence-corrected chi connectivity index (χ2v) is 8.08. The Morgan fingerprint density at radius 3 is 1.94 bits per heavy atom. The first-order chi connectivity index (χ1) is 8.78. The summed E-state index contributed by atoms with van der Waals surface area (Å²) >= 11 is 0. The van der Waals surface area contributed by atoms with Crippen molar-refractivity contribution < 1.29 is 0 Å². The van der Waals surface area contributed by atoms with Gasteiger partial charge in [0.2, 0.25) is 0 Å². The van der Waals surface area contributed by atoms with Gasteiger partial charge in [0.1, 0.15) is 0 Å². The van der Waals surface area contributed by atoms with E-state index in [-0.39, 0.29) is 0 Å². The normalized spacial score (nSPS) is 48.8. The van der Waals surface area contributed by atoms with Crippen molar-refractivity contribution >= 4 is 0 Å². The summed E-state index contributed by atoms with van der Waals surface area (Å²) in [7, 11) is 2.29. The molecule has 18 heavy (non-hydrogen) atoms. The highest BCUT2D eigenvalue weighted by Gasteiger charge is 2.48. The standard InChI is InChI=1S/C17H29N/c1-18-4-2-12(3-5-18)11-17-15-7-13-6-14(9-15)10-16(17)8-13/h12-17H,2-11H2,1H3. The van der Waals surface area contributed by atoms with Gasteiger partial charge in [-0.2, -0.15) is 0 Å². The van der Waals surface area contributed by atoms with Gasteiger partial charge in [-0.25, -0.2) is 0 Å². The van der Waals surface area contributed by atoms with Crippen molar-refractivity contribution in [1.82, 2.24) is 4.90 Å². The largest absolute Gasteiger partial charge is 0.306 e. The van der Waals surface area contributed by atoms with Gasteiger partial charge in [-0.3, -0.25) is 0 Å². The van der Waals surface area contributed by atoms with E-state index in [1.807, 2.05) is 0 Å². The Kier molecular flexibility index (Phi) is 2.94. The summed E-state index contributed by atoms with van der Waals surface area (Å²) < 4.78 is 0. The van der Waals surface area contributed by atoms with Crippen LogP contribution in [0.25, 0.3) is 0 Å². The number of piperidine rings is 1. The van der Waals surface area contributed by atoms with Crippen molar-refractivity contribution in [3.63, 3.8) is 0 Å². The third-order valence-corrected chi connectivity index (χ3v) is 6.87. The summed E-state index contributed by atoms with van der Waals surface area (Å²) in [6.07, 6.45) is 12.6. The fourth-order valence-corrected chi connectivity index (χ4v) is 6.11. The van der Waals surface area contributed by atoms with Gasteiger partial charge in [-0.1, -0.05) is 0 Å². The Balaban J connectivity index is 1.40. The van der Waals surface area contributed by atoms with Crippen LogP contribution in [0.4, 0.5) is 0 Å². The molecule has 5 aliphatic rings. The van der Waals surface area contributed by atoms with E-state index in [9.17, 15) is 0 Å². The van der Waals surface area contributed by atoms with Crippen molar-refractivity contribution in [3.8, 4) is 0 Å². The SMILES string of the molecule is CN1CCC(CC2C3CC4CC(C3)CC2C4)CC1. The van der Waals surface area contributed by atoms with E-state index in [0.29, 0.717) is 0 Å². The second kappa shape index (κ2) is 4.51. The van der Waals surface area contributed by atoms with Crippen LogP contribution in [0.2, 0.25) is 0 Å². The third-order valence-electron chi connectivity index (χ3n) is 6.87. The molecule has 0 radical (unpaired) electrons. The predicted octanol–water partition coefficient (Wildman–Crippen LogP) is 3.79. The number of hydrogen-bond donors (Lipinski definition) is 0. The van der Waals surface area contributed by atoms with Crippen molar-refractivity contribution in [2.24, 2.45) is 35.5 Å². The zero-order valence-corrected chi connectivity index (χ0v) is 12.0. The van der Waals surface area contributed by atoms with Gasteiger partial charge >= 0.3 is 0 Å². The molecule has 0 aromatic rings. The lowest BCUT2D eigenvalue weighted by Crippen LogP contribution is -2.46. The summed E-state index contributed by atoms with van der Waals surface area (Å²) in [5.74, 6) is 6.83. The van der Waals surface area contributed by atoms with Gasteiger partial charge < -0.3 is 4.90 Å². The summed E-state index contributed by atoms with van der Waals surface area (Å²) in [5, 5.41) is 0. The molecule has 0 N–H and O–H groups in total. The molecule has 1 aliphatic heterocycles. The van der Waals surface area contributed by atoms with Gasteiger partial charge in [-0.05, 0) is 107 Å². The first-order valence-corrected chi connectivity index (χ1v) is 8.46. The van der Waals surface area contributed by atoms with Crippen molar-refractivity contribution in [3.05, 3.63) is 0 Å². The molecule has 0 spiro atoms. The van der Waals surface area contributed by atoms with E-state index in [2.05, 4.69) is 11.9 Å². The Morgan fingerprint density at radius 1 is 0.833 bits per heavy atom. The van der Waals surface area contributed by atoms with Crippen molar-refractivity contribution in [2.75, 3.05) is 20.1 Å². The summed E-state index contributed by atoms with van der Waals surface area (Å²) in [5.41, 5.74) is 0. The molecule has 5 rings (SSSR count). The average molecular weight is 247 g/mol. The van der Waals surface area contributed by atoms with Crippen LogP contribution >= 0.6 is 0 Å². The maximum Gasteiger partial charge on any atom is -0.00191 e. The molecule has 1 saturated heterocycles. The summed E-state index contributed by atoms with van der Waals surface area (Å²) in [4.78, 5) is 2.52. The van der Waals surface area contributed by atoms with Crippen LogP contribution in [0.1, 0.15) is 51.4 Å². The van der Waals surface area contributed by atoms with Gasteiger partial charge in [0.15, 0.2) is 0 Å². The molecule has 4 aliphatic carbocycles. The first kappa shape index (κ1) is 11.8. The van der Waals surface area contributed by atoms with Crippen molar-refractivity contribution in [2.45, 2.75) is 51.4 Å². The minimum absolute atomic E-state index is 1.07. The Morgan fingerprint density at radius 2 is 1.39 bits per heavy atom. The Labute approximate surface area is 112 Å². The van der Waals surface area contributed by atoms with Gasteiger partial charge in [-0.15, -0.1) is 0 Å². The maximum atomic E-state index is 2.52. The zero-order chi connectivity index (χ0) is 12.1. The monoisotopic (exact) mass is 247 g/mol. The molecule has 1 heteroatoms. The Bertz CT molecular complexity index is 275. The topological polar surface area (TPSA) is 3.24 Å². The molecule has 0 unspecified atom stereocenters. The van der Waals surface area contributed by atoms with E-state index in [0.717, 1.165) is 35.5 Å². The lowest BCUT2D eigenvalue weighted by Gasteiger charge is -2.55. The van der Waals surface area contributed by atoms with E-state index in [4.69, 9.17) is 0 Å². The number of hydrogen-bond acceptors (Lipinski definition) is 1. The Hall–Kier alpha value is -0.0400. The minimum Gasteiger partial charge on any atom is -0.306 e. The van der Waals surface area contributed by atoms with Crippen molar-refractivity contribution in [1.29, 1.82) is 0 Å². The van der Waals surface area contributed by atoms with Crippen LogP contribution in [-0.4, -0.2) is 25.0 Å². The van der Waals surface area contributed by atoms with Crippen LogP contribution in [-0.2, 0) is 0 Å². The fraction of sp³-hybridized carbons (Fsp3) is 1.00. The second-order valence-electron chi connectivity index (χ2n) is 8.08. The van der Waals surface area contributed by atoms with E-state index < -0.39 is 0 Å². The molecule has 4 bridgehead atoms. The van der Waals surface area contributed by atoms with Crippen LogP contribution in [0.15, 0.2) is 0 Å². The minimum atomic E-state index is 1.07. The molecule has 0 atom stereocenters. The van der Waals surface area contributed by atoms with Crippen LogP contribution in [0.3, 0.4) is 0 Å². The van der Waals surface area contributed by atoms with Crippen LogP contribution < -0.4 is 0 Å². The smallest absolute Gasteiger partial charge is 0.00191 e. The van der Waals surface area contributed by atoms with Gasteiger partial charge in [0.25, 0.3) is 0 Å². The molecule has 0 aromatic carbocycles. The molecular weight excluding hydrogens is 218 g/mol. The third kappa shape index (κ3) is 2.03. The molecule has 1 heterocycles. The highest BCUT2D eigenvalue weighted by atomic mass is 15.1. The average Bonchev–Trinajstić information content (AvgIpc) is 2.35. The summed E-state index contributed by atoms with van der Waals surface area (Å²) in [6.45, 7) is 2.72. The van der Waals surface area contributed by atoms with Gasteiger partial charge in [0.05, 0.1) is 0 Å². The highest BCUT2D eigenvalue weighted by Crippen LogP contribution is 2.58. The molecular formula is C17H29N. The van der Waals surface area contributed by atoms with E-state index >= 15 is 0 Å². The first-order valence-electron chi connectivity index (χ1n) is 8.46. The molecule has 0 aromatic heterocycles. The molecule has 5 fully saturated rings. The van der Waals surface area contributed by atoms with Gasteiger partial charge in [0, 0.05) is 0 Å². The molecule has 102 valence electrons. The zero-order valence-electron chi connectivity index (χ0n) is 12.0. The van der Waals surface area contributed by atoms with Crippen LogP contribution in [0.5, 0.6) is 0 Å². The number of nitrogens with zero attached hydrogens (tertiary/aromatic N) is 1. The maximum absolute atomic E-state index is 2.52. The quantitative estimate of drug-likeness (QED) is 0.717. The van der Waals surface area contributed by atoms with Crippen LogP contribution in [0, 0.1) is 35.5 Å². The lowest BCUT2D eigenvalue weighted by molar-refractivity contribution is -0.0484. The van der Waals surface area contributed by atoms with E-state index in [1.165, 1.54) is 25.9 Å². The van der Waals surface area contributed by atoms with E-state index in [1.54, 1.807) is 38.5 Å². The molecule has 4 saturated carbocycles. The highest BCUT2D eigenvalue weighted by molar-refractivity contribution is 4.98. The number of rotatable bonds is 2. The fourth-order valence-electron chi connectivity index (χ4n) is 6.11. The molecule has 1 nitrogen and oxygen atoms in total. The number of likely N-dealkylation sites (tertiary alicyclic amines) is 1. The lowest BCUT2D eigenvalue weighted by atomic mass is 9.50. The predicted molar refractivity (Wildman–Crippen MR) is 75.4 cm³/mol.